The van der Waals surface area contributed by atoms with E-state index < -0.39 is 0 Å². The maximum atomic E-state index is 8.04. The van der Waals surface area contributed by atoms with E-state index in [-0.39, 0.29) is 0 Å². The van der Waals surface area contributed by atoms with Gasteiger partial charge in [0.2, 0.25) is 0 Å². The summed E-state index contributed by atoms with van der Waals surface area (Å²) < 4.78 is 0. The Labute approximate surface area is 73.7 Å². The van der Waals surface area contributed by atoms with Gasteiger partial charge < -0.3 is 4.89 Å². The molecule has 12 heavy (non-hydrogen) atoms. The van der Waals surface area contributed by atoms with E-state index in [0.717, 1.165) is 0 Å². The first-order chi connectivity index (χ1) is 5.85. The van der Waals surface area contributed by atoms with Crippen molar-refractivity contribution >= 4 is 0 Å². The molecule has 1 aromatic carbocycles. The van der Waals surface area contributed by atoms with Crippen LogP contribution in [0.3, 0.4) is 0 Å². The Bertz CT molecular complexity index is 170. The molecule has 0 aromatic heterocycles. The third-order valence-corrected chi connectivity index (χ3v) is 1.35. The molecule has 2 heteroatoms. The number of rotatable bonds is 2. The van der Waals surface area contributed by atoms with Gasteiger partial charge in [-0.15, -0.1) is 0 Å². The average Bonchev–Trinajstić information content (AvgIpc) is 2.19. The van der Waals surface area contributed by atoms with Crippen LogP contribution in [0.2, 0.25) is 0 Å². The average molecular weight is 168 g/mol. The molecule has 0 heterocycles. The summed E-state index contributed by atoms with van der Waals surface area (Å²) in [7, 11) is 0. The van der Waals surface area contributed by atoms with Gasteiger partial charge in [-0.1, -0.05) is 44.9 Å². The zero-order valence-electron chi connectivity index (χ0n) is 7.66. The van der Waals surface area contributed by atoms with Gasteiger partial charge in [-0.25, -0.2) is 5.26 Å². The largest absolute Gasteiger partial charge is 0.340 e. The van der Waals surface area contributed by atoms with Gasteiger partial charge in [-0.3, -0.25) is 0 Å². The molecule has 0 saturated carbocycles. The summed E-state index contributed by atoms with van der Waals surface area (Å²) in [5.74, 6) is 0.465. The quantitative estimate of drug-likeness (QED) is 0.542. The molecule has 1 aromatic rings. The van der Waals surface area contributed by atoms with Crippen molar-refractivity contribution in [2.24, 2.45) is 0 Å². The van der Waals surface area contributed by atoms with Crippen LogP contribution in [0.1, 0.15) is 26.7 Å². The predicted octanol–water partition coefficient (Wildman–Crippen LogP) is 3.34. The van der Waals surface area contributed by atoms with Gasteiger partial charge in [-0.2, -0.15) is 0 Å². The molecule has 0 spiro atoms. The van der Waals surface area contributed by atoms with Gasteiger partial charge in [0, 0.05) is 0 Å². The van der Waals surface area contributed by atoms with Crippen LogP contribution in [0.4, 0.5) is 0 Å². The van der Waals surface area contributed by atoms with Crippen molar-refractivity contribution in [3.63, 3.8) is 0 Å². The standard InChI is InChI=1S/C6H6O2.C4H10/c7-8-6-4-2-1-3-5-6;1-3-4-2/h1-5,7H;3-4H2,1-2H3. The van der Waals surface area contributed by atoms with E-state index in [2.05, 4.69) is 18.7 Å². The number of hydrogen-bond donors (Lipinski definition) is 1. The molecule has 0 saturated heterocycles. The van der Waals surface area contributed by atoms with Crippen molar-refractivity contribution in [1.82, 2.24) is 0 Å². The Morgan fingerprint density at radius 2 is 1.58 bits per heavy atom. The molecule has 0 bridgehead atoms. The molecule has 68 valence electrons. The van der Waals surface area contributed by atoms with Crippen LogP contribution in [-0.4, -0.2) is 5.26 Å². The minimum absolute atomic E-state index is 0.465. The van der Waals surface area contributed by atoms with E-state index in [1.54, 1.807) is 24.3 Å². The first kappa shape index (κ1) is 11.0. The van der Waals surface area contributed by atoms with Crippen molar-refractivity contribution in [1.29, 1.82) is 0 Å². The van der Waals surface area contributed by atoms with Gasteiger partial charge in [0.25, 0.3) is 0 Å². The zero-order valence-corrected chi connectivity index (χ0v) is 7.66. The van der Waals surface area contributed by atoms with E-state index in [1.165, 1.54) is 12.8 Å². The summed E-state index contributed by atoms with van der Waals surface area (Å²) in [4.78, 5) is 3.91. The van der Waals surface area contributed by atoms with Gasteiger partial charge in [0.15, 0.2) is 5.75 Å². The molecule has 1 N–H and O–H groups in total. The molecule has 0 fully saturated rings. The minimum Gasteiger partial charge on any atom is -0.340 e. The van der Waals surface area contributed by atoms with Crippen LogP contribution >= 0.6 is 0 Å². The lowest BCUT2D eigenvalue weighted by atomic mass is 10.3. The maximum absolute atomic E-state index is 8.04. The van der Waals surface area contributed by atoms with Crippen molar-refractivity contribution < 1.29 is 10.1 Å². The number of hydrogen-bond acceptors (Lipinski definition) is 2. The number of benzene rings is 1. The molecule has 0 aliphatic rings. The maximum Gasteiger partial charge on any atom is 0.165 e. The molecule has 0 amide bonds. The SMILES string of the molecule is CCCC.OOc1ccccc1. The van der Waals surface area contributed by atoms with E-state index in [1.807, 2.05) is 6.07 Å². The summed E-state index contributed by atoms with van der Waals surface area (Å²) in [5.41, 5.74) is 0. The van der Waals surface area contributed by atoms with E-state index in [9.17, 15) is 0 Å². The molecule has 2 nitrogen and oxygen atoms in total. The summed E-state index contributed by atoms with van der Waals surface area (Å²) in [6.45, 7) is 4.36. The lowest BCUT2D eigenvalue weighted by molar-refractivity contribution is -0.137. The molecule has 0 aliphatic carbocycles. The van der Waals surface area contributed by atoms with Gasteiger partial charge in [0.05, 0.1) is 0 Å². The Morgan fingerprint density at radius 3 is 1.83 bits per heavy atom. The minimum atomic E-state index is 0.465. The van der Waals surface area contributed by atoms with Crippen molar-refractivity contribution in [2.75, 3.05) is 0 Å². The highest BCUT2D eigenvalue weighted by molar-refractivity contribution is 5.19. The smallest absolute Gasteiger partial charge is 0.165 e. The fraction of sp³-hybridized carbons (Fsp3) is 0.400. The van der Waals surface area contributed by atoms with Crippen LogP contribution < -0.4 is 4.89 Å². The number of unbranched alkanes of at least 4 members (excludes halogenated alkanes) is 1. The summed E-state index contributed by atoms with van der Waals surface area (Å²) >= 11 is 0. The van der Waals surface area contributed by atoms with Gasteiger partial charge >= 0.3 is 0 Å². The Balaban J connectivity index is 0.000000261. The summed E-state index contributed by atoms with van der Waals surface area (Å²) in [6.07, 6.45) is 2.64. The molecule has 0 aliphatic heterocycles. The van der Waals surface area contributed by atoms with Crippen LogP contribution in [0.5, 0.6) is 5.75 Å². The third-order valence-electron chi connectivity index (χ3n) is 1.35. The van der Waals surface area contributed by atoms with Crippen LogP contribution in [0.15, 0.2) is 30.3 Å². The van der Waals surface area contributed by atoms with Crippen molar-refractivity contribution in [2.45, 2.75) is 26.7 Å². The molecular formula is C10H16O2. The fourth-order valence-corrected chi connectivity index (χ4v) is 0.481. The normalized spacial score (nSPS) is 8.25. The van der Waals surface area contributed by atoms with Gasteiger partial charge in [0.1, 0.15) is 0 Å². The molecule has 0 atom stereocenters. The van der Waals surface area contributed by atoms with E-state index in [0.29, 0.717) is 5.75 Å². The first-order valence-corrected chi connectivity index (χ1v) is 4.21. The highest BCUT2D eigenvalue weighted by Gasteiger charge is 1.82. The second kappa shape index (κ2) is 8.08. The second-order valence-corrected chi connectivity index (χ2v) is 2.40. The lowest BCUT2D eigenvalue weighted by Crippen LogP contribution is -1.79. The number of para-hydroxylation sites is 1. The van der Waals surface area contributed by atoms with Crippen LogP contribution in [-0.2, 0) is 0 Å². The van der Waals surface area contributed by atoms with Crippen LogP contribution in [0, 0.1) is 0 Å². The Kier molecular flexibility index (Phi) is 7.39. The van der Waals surface area contributed by atoms with Crippen molar-refractivity contribution in [3.8, 4) is 5.75 Å². The second-order valence-electron chi connectivity index (χ2n) is 2.40. The Morgan fingerprint density at radius 1 is 1.08 bits per heavy atom. The van der Waals surface area contributed by atoms with Gasteiger partial charge in [-0.05, 0) is 12.1 Å². The first-order valence-electron chi connectivity index (χ1n) is 4.21. The summed E-state index contributed by atoms with van der Waals surface area (Å²) in [5, 5.41) is 8.04. The predicted molar refractivity (Wildman–Crippen MR) is 50.3 cm³/mol. The van der Waals surface area contributed by atoms with E-state index >= 15 is 0 Å². The summed E-state index contributed by atoms with van der Waals surface area (Å²) in [6, 6.07) is 8.75. The molecule has 0 radical (unpaired) electrons. The molecule has 0 unspecified atom stereocenters. The highest BCUT2D eigenvalue weighted by atomic mass is 17.1. The zero-order chi connectivity index (χ0) is 9.23. The van der Waals surface area contributed by atoms with E-state index in [4.69, 9.17) is 5.26 Å². The highest BCUT2D eigenvalue weighted by Crippen LogP contribution is 2.05. The van der Waals surface area contributed by atoms with Crippen LogP contribution in [0.25, 0.3) is 0 Å². The molecule has 1 rings (SSSR count). The Hall–Kier alpha value is -1.02. The van der Waals surface area contributed by atoms with Crippen molar-refractivity contribution in [3.05, 3.63) is 30.3 Å². The lowest BCUT2D eigenvalue weighted by Gasteiger charge is -1.90. The monoisotopic (exact) mass is 168 g/mol. The fourth-order valence-electron chi connectivity index (χ4n) is 0.481. The molecular weight excluding hydrogens is 152 g/mol. The topological polar surface area (TPSA) is 29.5 Å². The third kappa shape index (κ3) is 5.74.